The number of aromatic nitrogens is 2. The fourth-order valence-electron chi connectivity index (χ4n) is 5.31. The number of methoxy groups -OCH3 is 2. The Hall–Kier alpha value is -3.89. The highest BCUT2D eigenvalue weighted by molar-refractivity contribution is 7.18. The number of carbonyl (C=O) groups is 1. The van der Waals surface area contributed by atoms with Gasteiger partial charge in [-0.2, -0.15) is 5.10 Å². The SMILES string of the molecule is COc1ccc(CN(Cc2cn(-c3ccc(CCCO[Si](C)(C)C(C)(C)C)cc3)nc2-c2ccccc2)C(=O)c2ccc(Cl)s2)c(OC)c1. The molecule has 0 unspecified atom stereocenters. The van der Waals surface area contributed by atoms with Crippen LogP contribution in [-0.2, 0) is 23.9 Å². The van der Waals surface area contributed by atoms with Gasteiger partial charge in [0.2, 0.25) is 0 Å². The zero-order valence-electron chi connectivity index (χ0n) is 29.5. The Labute approximate surface area is 300 Å². The molecule has 0 spiro atoms. The molecule has 5 aromatic rings. The van der Waals surface area contributed by atoms with E-state index in [0.717, 1.165) is 47.5 Å². The molecule has 3 aromatic carbocycles. The molecule has 2 aromatic heterocycles. The summed E-state index contributed by atoms with van der Waals surface area (Å²) in [5.41, 5.74) is 5.78. The van der Waals surface area contributed by atoms with Gasteiger partial charge in [-0.05, 0) is 72.9 Å². The van der Waals surface area contributed by atoms with Gasteiger partial charge >= 0.3 is 0 Å². The summed E-state index contributed by atoms with van der Waals surface area (Å²) in [6.07, 6.45) is 3.96. The quantitative estimate of drug-likeness (QED) is 0.0846. The van der Waals surface area contributed by atoms with Gasteiger partial charge in [0.05, 0.1) is 47.9 Å². The first-order valence-corrected chi connectivity index (χ1v) is 20.6. The fraction of sp³-hybridized carbons (Fsp3) is 0.333. The van der Waals surface area contributed by atoms with Gasteiger partial charge in [-0.3, -0.25) is 4.79 Å². The molecule has 258 valence electrons. The number of halogens is 1. The van der Waals surface area contributed by atoms with Crippen molar-refractivity contribution in [1.82, 2.24) is 14.7 Å². The van der Waals surface area contributed by atoms with E-state index >= 15 is 0 Å². The molecule has 49 heavy (non-hydrogen) atoms. The number of nitrogens with zero attached hydrogens (tertiary/aromatic N) is 3. The molecule has 0 N–H and O–H groups in total. The van der Waals surface area contributed by atoms with Gasteiger partial charge in [0.15, 0.2) is 8.32 Å². The minimum atomic E-state index is -1.75. The number of carbonyl (C=O) groups excluding carboxylic acids is 1. The standard InChI is InChI=1S/C39H46ClN3O4SSi/c1-39(2,3)49(6,7)47-23-11-12-28-15-18-32(19-16-28)43-27-31(37(41-43)29-13-9-8-10-14-29)26-42(38(44)35-21-22-36(40)48-35)25-30-17-20-33(45-4)24-34(30)46-5/h8-10,13-22,24,27H,11-12,23,25-26H2,1-7H3. The summed E-state index contributed by atoms with van der Waals surface area (Å²) in [5.74, 6) is 1.21. The molecule has 10 heteroatoms. The third-order valence-electron chi connectivity index (χ3n) is 9.20. The Morgan fingerprint density at radius 3 is 2.27 bits per heavy atom. The zero-order valence-corrected chi connectivity index (χ0v) is 32.0. The van der Waals surface area contributed by atoms with E-state index in [1.54, 1.807) is 26.4 Å². The fourth-order valence-corrected chi connectivity index (χ4v) is 7.41. The van der Waals surface area contributed by atoms with Gasteiger partial charge in [0.25, 0.3) is 5.91 Å². The number of hydrogen-bond acceptors (Lipinski definition) is 6. The first kappa shape index (κ1) is 36.4. The van der Waals surface area contributed by atoms with Crippen molar-refractivity contribution in [2.45, 2.75) is 64.8 Å². The molecule has 0 aliphatic carbocycles. The van der Waals surface area contributed by atoms with E-state index in [2.05, 4.69) is 58.1 Å². The lowest BCUT2D eigenvalue weighted by Crippen LogP contribution is -2.41. The van der Waals surface area contributed by atoms with Gasteiger partial charge in [0, 0.05) is 35.6 Å². The highest BCUT2D eigenvalue weighted by atomic mass is 35.5. The normalized spacial score (nSPS) is 11.8. The maximum Gasteiger partial charge on any atom is 0.264 e. The first-order valence-electron chi connectivity index (χ1n) is 16.5. The molecular weight excluding hydrogens is 670 g/mol. The third kappa shape index (κ3) is 9.02. The molecular formula is C39H46ClN3O4SSi. The number of amides is 1. The summed E-state index contributed by atoms with van der Waals surface area (Å²) in [4.78, 5) is 16.4. The van der Waals surface area contributed by atoms with Crippen LogP contribution in [0.2, 0.25) is 22.5 Å². The number of aryl methyl sites for hydroxylation is 1. The highest BCUT2D eigenvalue weighted by Crippen LogP contribution is 2.37. The van der Waals surface area contributed by atoms with Crippen LogP contribution >= 0.6 is 22.9 Å². The Balaban J connectivity index is 1.42. The zero-order chi connectivity index (χ0) is 35.2. The van der Waals surface area contributed by atoms with Crippen molar-refractivity contribution in [3.05, 3.63) is 117 Å². The Kier molecular flexibility index (Phi) is 11.7. The van der Waals surface area contributed by atoms with Crippen LogP contribution in [0.4, 0.5) is 0 Å². The summed E-state index contributed by atoms with van der Waals surface area (Å²) in [6, 6.07) is 27.8. The Morgan fingerprint density at radius 2 is 1.63 bits per heavy atom. The molecule has 5 rings (SSSR count). The molecule has 0 saturated carbocycles. The number of thiophene rings is 1. The van der Waals surface area contributed by atoms with E-state index in [1.165, 1.54) is 16.9 Å². The molecule has 0 aliphatic heterocycles. The van der Waals surface area contributed by atoms with Crippen LogP contribution in [0.3, 0.4) is 0 Å². The number of ether oxygens (including phenoxy) is 2. The lowest BCUT2D eigenvalue weighted by Gasteiger charge is -2.36. The Bertz CT molecular complexity index is 1850. The van der Waals surface area contributed by atoms with E-state index in [4.69, 9.17) is 30.6 Å². The van der Waals surface area contributed by atoms with Crippen LogP contribution in [0.15, 0.2) is 91.1 Å². The van der Waals surface area contributed by atoms with Crippen LogP contribution < -0.4 is 9.47 Å². The van der Waals surface area contributed by atoms with Crippen molar-refractivity contribution < 1.29 is 18.7 Å². The van der Waals surface area contributed by atoms with Crippen molar-refractivity contribution in [3.63, 3.8) is 0 Å². The number of hydrogen-bond donors (Lipinski definition) is 0. The summed E-state index contributed by atoms with van der Waals surface area (Å²) in [7, 11) is 1.49. The van der Waals surface area contributed by atoms with Crippen molar-refractivity contribution in [2.24, 2.45) is 0 Å². The topological polar surface area (TPSA) is 65.8 Å². The van der Waals surface area contributed by atoms with Crippen LogP contribution in [-0.4, -0.2) is 49.7 Å². The second-order valence-electron chi connectivity index (χ2n) is 13.6. The molecule has 0 bridgehead atoms. The third-order valence-corrected chi connectivity index (χ3v) is 15.0. The van der Waals surface area contributed by atoms with Gasteiger partial charge in [-0.15, -0.1) is 11.3 Å². The second kappa shape index (κ2) is 15.8. The lowest BCUT2D eigenvalue weighted by atomic mass is 10.1. The molecule has 0 fully saturated rings. The molecule has 0 aliphatic rings. The molecule has 1 amide bonds. The summed E-state index contributed by atoms with van der Waals surface area (Å²) < 4.78 is 20.0. The monoisotopic (exact) mass is 715 g/mol. The summed E-state index contributed by atoms with van der Waals surface area (Å²) in [6.45, 7) is 12.8. The maximum absolute atomic E-state index is 14.0. The molecule has 0 saturated heterocycles. The van der Waals surface area contributed by atoms with E-state index in [0.29, 0.717) is 33.8 Å². The van der Waals surface area contributed by atoms with Crippen molar-refractivity contribution >= 4 is 37.2 Å². The predicted molar refractivity (Wildman–Crippen MR) is 203 cm³/mol. The average Bonchev–Trinajstić information content (AvgIpc) is 3.72. The van der Waals surface area contributed by atoms with E-state index < -0.39 is 8.32 Å². The summed E-state index contributed by atoms with van der Waals surface area (Å²) >= 11 is 7.53. The summed E-state index contributed by atoms with van der Waals surface area (Å²) in [5, 5.41) is 5.27. The van der Waals surface area contributed by atoms with Gasteiger partial charge < -0.3 is 18.8 Å². The number of benzene rings is 3. The van der Waals surface area contributed by atoms with Crippen LogP contribution in [0.1, 0.15) is 53.6 Å². The van der Waals surface area contributed by atoms with E-state index in [1.807, 2.05) is 64.3 Å². The smallest absolute Gasteiger partial charge is 0.264 e. The van der Waals surface area contributed by atoms with Gasteiger partial charge in [0.1, 0.15) is 11.5 Å². The second-order valence-corrected chi connectivity index (χ2v) is 20.2. The van der Waals surface area contributed by atoms with Crippen LogP contribution in [0, 0.1) is 0 Å². The predicted octanol–water partition coefficient (Wildman–Crippen LogP) is 10.1. The minimum absolute atomic E-state index is 0.122. The van der Waals surface area contributed by atoms with Crippen LogP contribution in [0.25, 0.3) is 16.9 Å². The van der Waals surface area contributed by atoms with Crippen molar-refractivity contribution in [3.8, 4) is 28.4 Å². The lowest BCUT2D eigenvalue weighted by molar-refractivity contribution is 0.0734. The van der Waals surface area contributed by atoms with Crippen molar-refractivity contribution in [2.75, 3.05) is 20.8 Å². The first-order chi connectivity index (χ1) is 23.4. The van der Waals surface area contributed by atoms with E-state index in [9.17, 15) is 4.79 Å². The van der Waals surface area contributed by atoms with E-state index in [-0.39, 0.29) is 10.9 Å². The Morgan fingerprint density at radius 1 is 0.918 bits per heavy atom. The van der Waals surface area contributed by atoms with Gasteiger partial charge in [-0.25, -0.2) is 4.68 Å². The largest absolute Gasteiger partial charge is 0.497 e. The average molecular weight is 716 g/mol. The minimum Gasteiger partial charge on any atom is -0.497 e. The van der Waals surface area contributed by atoms with Crippen molar-refractivity contribution in [1.29, 1.82) is 0 Å². The molecule has 0 radical (unpaired) electrons. The maximum atomic E-state index is 14.0. The molecule has 2 heterocycles. The van der Waals surface area contributed by atoms with Crippen LogP contribution in [0.5, 0.6) is 11.5 Å². The molecule has 0 atom stereocenters. The highest BCUT2D eigenvalue weighted by Gasteiger charge is 2.36. The molecule has 7 nitrogen and oxygen atoms in total. The van der Waals surface area contributed by atoms with Gasteiger partial charge in [-0.1, -0.05) is 74.8 Å². The number of rotatable bonds is 14.